The van der Waals surface area contributed by atoms with Crippen molar-refractivity contribution in [2.24, 2.45) is 0 Å². The van der Waals surface area contributed by atoms with Crippen LogP contribution in [0.4, 0.5) is 0 Å². The number of rotatable bonds is 1. The third-order valence-corrected chi connectivity index (χ3v) is 6.83. The minimum atomic E-state index is -0.00315. The number of fused-ring (bicyclic) bond motifs is 5. The maximum Gasteiger partial charge on any atom is 0.268 e. The van der Waals surface area contributed by atoms with E-state index in [9.17, 15) is 4.79 Å². The molecule has 1 aliphatic rings. The fourth-order valence-electron chi connectivity index (χ4n) is 4.01. The average Bonchev–Trinajstić information content (AvgIpc) is 3.18. The minimum Gasteiger partial charge on any atom is -0.268 e. The van der Waals surface area contributed by atoms with E-state index in [0.29, 0.717) is 16.5 Å². The molecular weight excluding hydrogens is 364 g/mol. The van der Waals surface area contributed by atoms with Crippen LogP contribution in [-0.4, -0.2) is 19.2 Å². The number of aryl methyl sites for hydroxylation is 2. The third-order valence-electron chi connectivity index (χ3n) is 5.30. The quantitative estimate of drug-likeness (QED) is 0.493. The van der Waals surface area contributed by atoms with Crippen LogP contribution in [0.3, 0.4) is 0 Å². The first kappa shape index (κ1) is 16.0. The topological polar surface area (TPSA) is 55.1 Å². The van der Waals surface area contributed by atoms with E-state index in [1.165, 1.54) is 16.9 Å². The Morgan fingerprint density at radius 1 is 1.31 bits per heavy atom. The molecule has 0 saturated heterocycles. The highest BCUT2D eigenvalue weighted by atomic mass is 32.1. The highest BCUT2D eigenvalue weighted by Crippen LogP contribution is 2.41. The van der Waals surface area contributed by atoms with Gasteiger partial charge in [0.25, 0.3) is 5.56 Å². The van der Waals surface area contributed by atoms with Crippen LogP contribution in [0, 0.1) is 11.7 Å². The van der Waals surface area contributed by atoms with Crippen molar-refractivity contribution in [1.82, 2.24) is 19.2 Å². The van der Waals surface area contributed by atoms with E-state index in [2.05, 4.69) is 17.1 Å². The van der Waals surface area contributed by atoms with Crippen LogP contribution in [0.5, 0.6) is 0 Å². The number of benzene rings is 1. The summed E-state index contributed by atoms with van der Waals surface area (Å²) in [6, 6.07) is 7.94. The van der Waals surface area contributed by atoms with E-state index >= 15 is 0 Å². The number of aromatic amines is 1. The largest absolute Gasteiger partial charge is 0.268 e. The van der Waals surface area contributed by atoms with Gasteiger partial charge >= 0.3 is 0 Å². The van der Waals surface area contributed by atoms with Gasteiger partial charge in [-0.25, -0.2) is 14.1 Å². The molecule has 0 radical (unpaired) electrons. The number of aromatic nitrogens is 4. The van der Waals surface area contributed by atoms with Gasteiger partial charge in [0.05, 0.1) is 11.1 Å². The number of hydrogen-bond acceptors (Lipinski definition) is 4. The molecule has 7 heteroatoms. The van der Waals surface area contributed by atoms with Gasteiger partial charge in [0, 0.05) is 4.88 Å². The van der Waals surface area contributed by atoms with Gasteiger partial charge in [0.1, 0.15) is 4.83 Å². The minimum absolute atomic E-state index is 0.00315. The van der Waals surface area contributed by atoms with E-state index in [-0.39, 0.29) is 5.56 Å². The molecule has 1 atom stereocenters. The molecule has 0 unspecified atom stereocenters. The Hall–Kier alpha value is -2.25. The number of nitrogens with zero attached hydrogens (tertiary/aromatic N) is 3. The van der Waals surface area contributed by atoms with E-state index in [0.717, 1.165) is 34.3 Å². The van der Waals surface area contributed by atoms with Crippen molar-refractivity contribution in [2.45, 2.75) is 39.0 Å². The highest BCUT2D eigenvalue weighted by molar-refractivity contribution is 7.71. The van der Waals surface area contributed by atoms with Crippen molar-refractivity contribution in [2.75, 3.05) is 0 Å². The van der Waals surface area contributed by atoms with Gasteiger partial charge in [-0.2, -0.15) is 0 Å². The molecule has 3 aromatic heterocycles. The molecule has 0 bridgehead atoms. The lowest BCUT2D eigenvalue weighted by molar-refractivity contribution is 0.601. The summed E-state index contributed by atoms with van der Waals surface area (Å²) in [4.78, 5) is 15.8. The second-order valence-corrected chi connectivity index (χ2v) is 8.52. The zero-order chi connectivity index (χ0) is 18.0. The molecule has 0 aliphatic heterocycles. The smallest absolute Gasteiger partial charge is 0.268 e. The summed E-state index contributed by atoms with van der Waals surface area (Å²) in [5.41, 5.74) is 3.17. The van der Waals surface area contributed by atoms with Crippen molar-refractivity contribution >= 4 is 39.5 Å². The number of hydrogen-bond donors (Lipinski definition) is 1. The van der Waals surface area contributed by atoms with E-state index < -0.39 is 0 Å². The first-order valence-electron chi connectivity index (χ1n) is 8.80. The second-order valence-electron chi connectivity index (χ2n) is 7.05. The van der Waals surface area contributed by atoms with E-state index in [1.807, 2.05) is 35.6 Å². The summed E-state index contributed by atoms with van der Waals surface area (Å²) in [6.07, 6.45) is 3.33. The standard InChI is InChI=1S/C19H18N4OS2/c1-10-6-8-12(9-7-10)22-16(24)15-14-11(2)4-3-5-13(14)26-17(15)23-18(22)20-21-19(23)25/h6-9,11H,3-5H2,1-2H3,(H,21,25)/t11-/m0/s1. The predicted octanol–water partition coefficient (Wildman–Crippen LogP) is 4.51. The van der Waals surface area contributed by atoms with Gasteiger partial charge in [-0.15, -0.1) is 16.4 Å². The van der Waals surface area contributed by atoms with Gasteiger partial charge in [0.15, 0.2) is 0 Å². The summed E-state index contributed by atoms with van der Waals surface area (Å²) < 4.78 is 4.13. The molecule has 1 aromatic carbocycles. The first-order valence-corrected chi connectivity index (χ1v) is 10.0. The van der Waals surface area contributed by atoms with Crippen LogP contribution >= 0.6 is 23.6 Å². The van der Waals surface area contributed by atoms with E-state index in [4.69, 9.17) is 12.2 Å². The molecule has 0 fully saturated rings. The first-order chi connectivity index (χ1) is 12.6. The summed E-state index contributed by atoms with van der Waals surface area (Å²) in [5, 5.41) is 8.05. The van der Waals surface area contributed by atoms with Gasteiger partial charge in [0.2, 0.25) is 10.5 Å². The van der Waals surface area contributed by atoms with Crippen molar-refractivity contribution in [3.05, 3.63) is 55.4 Å². The molecule has 1 aliphatic carbocycles. The Morgan fingerprint density at radius 3 is 2.85 bits per heavy atom. The molecule has 5 rings (SSSR count). The van der Waals surface area contributed by atoms with Crippen LogP contribution in [0.1, 0.15) is 41.7 Å². The number of nitrogens with one attached hydrogen (secondary N) is 1. The molecule has 4 aromatic rings. The fourth-order valence-corrected chi connectivity index (χ4v) is 5.75. The maximum absolute atomic E-state index is 13.6. The molecule has 0 saturated carbocycles. The zero-order valence-corrected chi connectivity index (χ0v) is 16.2. The van der Waals surface area contributed by atoms with Gasteiger partial charge in [-0.1, -0.05) is 24.6 Å². The number of thiophene rings is 1. The summed E-state index contributed by atoms with van der Waals surface area (Å²) >= 11 is 7.19. The summed E-state index contributed by atoms with van der Waals surface area (Å²) in [7, 11) is 0. The predicted molar refractivity (Wildman–Crippen MR) is 107 cm³/mol. The van der Waals surface area contributed by atoms with Crippen LogP contribution in [0.25, 0.3) is 21.7 Å². The SMILES string of the molecule is Cc1ccc(-n2c(=O)c3c4c(sc3n3c(=S)[nH]nc23)CCC[C@@H]4C)cc1. The zero-order valence-electron chi connectivity index (χ0n) is 14.6. The molecule has 26 heavy (non-hydrogen) atoms. The normalized spacial score (nSPS) is 17.1. The Labute approximate surface area is 158 Å². The lowest BCUT2D eigenvalue weighted by Crippen LogP contribution is -2.22. The van der Waals surface area contributed by atoms with Crippen molar-refractivity contribution in [3.63, 3.8) is 0 Å². The van der Waals surface area contributed by atoms with Crippen LogP contribution in [0.15, 0.2) is 29.1 Å². The maximum atomic E-state index is 13.6. The Bertz CT molecular complexity index is 1270. The lowest BCUT2D eigenvalue weighted by Gasteiger charge is -2.18. The van der Waals surface area contributed by atoms with Gasteiger partial charge in [-0.3, -0.25) is 4.79 Å². The van der Waals surface area contributed by atoms with Gasteiger partial charge < -0.3 is 0 Å². The summed E-state index contributed by atoms with van der Waals surface area (Å²) in [5.74, 6) is 0.938. The Balaban J connectivity index is 2.01. The van der Waals surface area contributed by atoms with Gasteiger partial charge in [-0.05, 0) is 62.0 Å². The molecule has 0 spiro atoms. The molecular formula is C19H18N4OS2. The molecule has 3 heterocycles. The average molecular weight is 383 g/mol. The summed E-state index contributed by atoms with van der Waals surface area (Å²) in [6.45, 7) is 4.26. The monoisotopic (exact) mass is 382 g/mol. The van der Waals surface area contributed by atoms with Crippen molar-refractivity contribution < 1.29 is 0 Å². The molecule has 5 nitrogen and oxygen atoms in total. The molecule has 1 N–H and O–H groups in total. The van der Waals surface area contributed by atoms with Crippen molar-refractivity contribution in [3.8, 4) is 5.69 Å². The number of H-pyrrole nitrogens is 1. The van der Waals surface area contributed by atoms with Crippen LogP contribution in [-0.2, 0) is 6.42 Å². The van der Waals surface area contributed by atoms with Crippen LogP contribution in [0.2, 0.25) is 0 Å². The van der Waals surface area contributed by atoms with Crippen LogP contribution < -0.4 is 5.56 Å². The molecule has 132 valence electrons. The van der Waals surface area contributed by atoms with E-state index in [1.54, 1.807) is 15.9 Å². The fraction of sp³-hybridized carbons (Fsp3) is 0.316. The third kappa shape index (κ3) is 2.10. The Kier molecular flexibility index (Phi) is 3.45. The highest BCUT2D eigenvalue weighted by Gasteiger charge is 2.27. The second kappa shape index (κ2) is 5.62. The lowest BCUT2D eigenvalue weighted by atomic mass is 9.88. The Morgan fingerprint density at radius 2 is 2.08 bits per heavy atom. The molecule has 0 amide bonds. The van der Waals surface area contributed by atoms with Crippen molar-refractivity contribution in [1.29, 1.82) is 0 Å².